The van der Waals surface area contributed by atoms with Gasteiger partial charge < -0.3 is 4.42 Å². The highest BCUT2D eigenvalue weighted by molar-refractivity contribution is 6.18. The molecule has 0 radical (unpaired) electrons. The molecule has 116 valence electrons. The first-order valence-corrected chi connectivity index (χ1v) is 8.41. The van der Waals surface area contributed by atoms with E-state index in [9.17, 15) is 0 Å². The number of aromatic nitrogens is 1. The van der Waals surface area contributed by atoms with Crippen LogP contribution in [0.25, 0.3) is 55.6 Å². The van der Waals surface area contributed by atoms with Gasteiger partial charge in [-0.1, -0.05) is 60.7 Å². The van der Waals surface area contributed by atoms with Crippen LogP contribution in [0.3, 0.4) is 0 Å². The second-order valence-electron chi connectivity index (χ2n) is 6.42. The fourth-order valence-corrected chi connectivity index (χ4v) is 3.98. The molecule has 5 aromatic rings. The molecule has 0 saturated heterocycles. The van der Waals surface area contributed by atoms with Gasteiger partial charge in [0.05, 0.1) is 0 Å². The first-order chi connectivity index (χ1) is 12.4. The summed E-state index contributed by atoms with van der Waals surface area (Å²) in [6, 6.07) is 27.3. The Labute approximate surface area is 144 Å². The van der Waals surface area contributed by atoms with Crippen LogP contribution < -0.4 is 0 Å². The van der Waals surface area contributed by atoms with E-state index in [1.165, 1.54) is 33.0 Å². The number of fused-ring (bicyclic) bond motifs is 4. The smallest absolute Gasteiger partial charge is 0.227 e. The van der Waals surface area contributed by atoms with Gasteiger partial charge in [-0.05, 0) is 51.2 Å². The van der Waals surface area contributed by atoms with Crippen molar-refractivity contribution in [3.8, 4) is 33.7 Å². The van der Waals surface area contributed by atoms with Gasteiger partial charge in [-0.3, -0.25) is 0 Å². The summed E-state index contributed by atoms with van der Waals surface area (Å²) in [5.74, 6) is 0.681. The van der Waals surface area contributed by atoms with E-state index in [-0.39, 0.29) is 0 Å². The molecule has 0 bridgehead atoms. The van der Waals surface area contributed by atoms with Crippen LogP contribution >= 0.6 is 0 Å². The Morgan fingerprint density at radius 2 is 1.24 bits per heavy atom. The maximum absolute atomic E-state index is 6.03. The molecule has 0 saturated carbocycles. The molecule has 0 amide bonds. The van der Waals surface area contributed by atoms with Crippen molar-refractivity contribution < 1.29 is 4.42 Å². The highest BCUT2D eigenvalue weighted by atomic mass is 16.3. The lowest BCUT2D eigenvalue weighted by Gasteiger charge is -2.06. The summed E-state index contributed by atoms with van der Waals surface area (Å²) in [4.78, 5) is 4.70. The van der Waals surface area contributed by atoms with Crippen molar-refractivity contribution >= 4 is 21.9 Å². The molecule has 4 aromatic carbocycles. The average molecular weight is 319 g/mol. The van der Waals surface area contributed by atoms with E-state index in [4.69, 9.17) is 9.40 Å². The Balaban J connectivity index is 1.70. The van der Waals surface area contributed by atoms with E-state index in [1.807, 2.05) is 24.3 Å². The molecule has 0 fully saturated rings. The zero-order valence-corrected chi connectivity index (χ0v) is 13.4. The molecule has 25 heavy (non-hydrogen) atoms. The van der Waals surface area contributed by atoms with Gasteiger partial charge in [0.1, 0.15) is 5.52 Å². The van der Waals surface area contributed by atoms with Crippen LogP contribution in [0.15, 0.2) is 83.3 Å². The van der Waals surface area contributed by atoms with Crippen molar-refractivity contribution in [3.05, 3.63) is 78.9 Å². The SMILES string of the molecule is c1ccc2c(c1)-c1cccc3c(-c4nc5ccccc5o4)ccc-2c13. The molecule has 0 aliphatic heterocycles. The van der Waals surface area contributed by atoms with Crippen LogP contribution in [0, 0.1) is 0 Å². The lowest BCUT2D eigenvalue weighted by Crippen LogP contribution is -1.83. The second-order valence-corrected chi connectivity index (χ2v) is 6.42. The molecule has 1 heterocycles. The number of oxazole rings is 1. The number of benzene rings is 4. The first kappa shape index (κ1) is 13.0. The van der Waals surface area contributed by atoms with Crippen molar-refractivity contribution in [3.63, 3.8) is 0 Å². The molecule has 0 N–H and O–H groups in total. The zero-order valence-electron chi connectivity index (χ0n) is 13.4. The Morgan fingerprint density at radius 1 is 0.560 bits per heavy atom. The van der Waals surface area contributed by atoms with Crippen LogP contribution in [0.1, 0.15) is 0 Å². The molecule has 1 aliphatic rings. The quantitative estimate of drug-likeness (QED) is 0.355. The Kier molecular flexibility index (Phi) is 2.37. The molecular weight excluding hydrogens is 306 g/mol. The molecule has 0 atom stereocenters. The van der Waals surface area contributed by atoms with Gasteiger partial charge in [0, 0.05) is 5.56 Å². The molecule has 1 aliphatic carbocycles. The van der Waals surface area contributed by atoms with E-state index in [1.54, 1.807) is 0 Å². The van der Waals surface area contributed by atoms with Gasteiger partial charge >= 0.3 is 0 Å². The van der Waals surface area contributed by atoms with Crippen LogP contribution in [0.4, 0.5) is 0 Å². The van der Waals surface area contributed by atoms with E-state index < -0.39 is 0 Å². The number of hydrogen-bond acceptors (Lipinski definition) is 2. The highest BCUT2D eigenvalue weighted by Crippen LogP contribution is 2.49. The normalized spacial score (nSPS) is 12.0. The van der Waals surface area contributed by atoms with Crippen LogP contribution in [0.2, 0.25) is 0 Å². The summed E-state index contributed by atoms with van der Waals surface area (Å²) in [6.45, 7) is 0. The van der Waals surface area contributed by atoms with Crippen LogP contribution in [-0.4, -0.2) is 4.98 Å². The van der Waals surface area contributed by atoms with Crippen molar-refractivity contribution in [1.82, 2.24) is 4.98 Å². The largest absolute Gasteiger partial charge is 0.436 e. The minimum atomic E-state index is 0.681. The van der Waals surface area contributed by atoms with E-state index >= 15 is 0 Å². The predicted molar refractivity (Wildman–Crippen MR) is 101 cm³/mol. The summed E-state index contributed by atoms with van der Waals surface area (Å²) in [5.41, 5.74) is 7.95. The van der Waals surface area contributed by atoms with E-state index in [0.717, 1.165) is 16.7 Å². The number of para-hydroxylation sites is 2. The van der Waals surface area contributed by atoms with Gasteiger partial charge in [-0.25, -0.2) is 4.98 Å². The number of hydrogen-bond donors (Lipinski definition) is 0. The van der Waals surface area contributed by atoms with Crippen molar-refractivity contribution in [2.75, 3.05) is 0 Å². The fraction of sp³-hybridized carbons (Fsp3) is 0. The third-order valence-electron chi connectivity index (χ3n) is 5.07. The first-order valence-electron chi connectivity index (χ1n) is 8.41. The van der Waals surface area contributed by atoms with E-state index in [0.29, 0.717) is 5.89 Å². The third kappa shape index (κ3) is 1.66. The van der Waals surface area contributed by atoms with Gasteiger partial charge in [0.2, 0.25) is 5.89 Å². The Bertz CT molecular complexity index is 1230. The summed E-state index contributed by atoms with van der Waals surface area (Å²) >= 11 is 0. The minimum Gasteiger partial charge on any atom is -0.436 e. The van der Waals surface area contributed by atoms with Crippen molar-refractivity contribution in [1.29, 1.82) is 0 Å². The molecule has 2 heteroatoms. The van der Waals surface area contributed by atoms with E-state index in [2.05, 4.69) is 54.6 Å². The minimum absolute atomic E-state index is 0.681. The van der Waals surface area contributed by atoms with Gasteiger partial charge in [0.15, 0.2) is 5.58 Å². The summed E-state index contributed by atoms with van der Waals surface area (Å²) in [7, 11) is 0. The molecule has 1 aromatic heterocycles. The van der Waals surface area contributed by atoms with Crippen molar-refractivity contribution in [2.24, 2.45) is 0 Å². The maximum atomic E-state index is 6.03. The second kappa shape index (κ2) is 4.58. The maximum Gasteiger partial charge on any atom is 0.227 e. The molecular formula is C23H13NO. The monoisotopic (exact) mass is 319 g/mol. The standard InChI is InChI=1S/C23H13NO/c1-2-7-15-14(6-1)16-8-5-9-17-19(13-12-18(15)22(16)17)23-24-20-10-3-4-11-21(20)25-23/h1-13H. The van der Waals surface area contributed by atoms with Crippen LogP contribution in [0.5, 0.6) is 0 Å². The highest BCUT2D eigenvalue weighted by Gasteiger charge is 2.23. The average Bonchev–Trinajstić information content (AvgIpc) is 3.23. The van der Waals surface area contributed by atoms with Gasteiger partial charge in [-0.2, -0.15) is 0 Å². The number of nitrogens with zero attached hydrogens (tertiary/aromatic N) is 1. The van der Waals surface area contributed by atoms with Crippen molar-refractivity contribution in [2.45, 2.75) is 0 Å². The molecule has 6 rings (SSSR count). The summed E-state index contributed by atoms with van der Waals surface area (Å²) in [6.07, 6.45) is 0. The summed E-state index contributed by atoms with van der Waals surface area (Å²) < 4.78 is 6.03. The predicted octanol–water partition coefficient (Wildman–Crippen LogP) is 6.30. The molecule has 0 spiro atoms. The van der Waals surface area contributed by atoms with Crippen LogP contribution in [-0.2, 0) is 0 Å². The number of rotatable bonds is 1. The summed E-state index contributed by atoms with van der Waals surface area (Å²) in [5, 5.41) is 2.49. The Morgan fingerprint density at radius 3 is 2.08 bits per heavy atom. The van der Waals surface area contributed by atoms with Gasteiger partial charge in [0.25, 0.3) is 0 Å². The lowest BCUT2D eigenvalue weighted by atomic mass is 9.98. The van der Waals surface area contributed by atoms with Gasteiger partial charge in [-0.15, -0.1) is 0 Å². The molecule has 0 unspecified atom stereocenters. The third-order valence-corrected chi connectivity index (χ3v) is 5.07. The zero-order chi connectivity index (χ0) is 16.4. The lowest BCUT2D eigenvalue weighted by molar-refractivity contribution is 0.620. The Hall–Kier alpha value is -3.39. The fourth-order valence-electron chi connectivity index (χ4n) is 3.98. The molecule has 2 nitrogen and oxygen atoms in total. The topological polar surface area (TPSA) is 26.0 Å².